The lowest BCUT2D eigenvalue weighted by molar-refractivity contribution is -0.106. The van der Waals surface area contributed by atoms with Crippen molar-refractivity contribution >= 4 is 12.6 Å². The fraction of sp³-hybridized carbons (Fsp3) is 0.647. The van der Waals surface area contributed by atoms with Gasteiger partial charge in [-0.15, -0.1) is 0 Å². The summed E-state index contributed by atoms with van der Waals surface area (Å²) in [5.41, 5.74) is 2.81. The third-order valence-electron chi connectivity index (χ3n) is 8.56. The van der Waals surface area contributed by atoms with Crippen molar-refractivity contribution in [3.05, 3.63) is 53.6 Å². The van der Waals surface area contributed by atoms with E-state index in [0.29, 0.717) is 11.8 Å². The SMILES string of the molecule is CC(C)c1ccc(OC2CCCCO2)c(B2OC(C)(C)C(C)(C)O2)c1.CC(C)c1ccc(OC2CCCCO2)cc1. The predicted octanol–water partition coefficient (Wildman–Crippen LogP) is 7.73. The topological polar surface area (TPSA) is 55.4 Å². The van der Waals surface area contributed by atoms with Gasteiger partial charge in [0.1, 0.15) is 11.5 Å². The van der Waals surface area contributed by atoms with Crippen molar-refractivity contribution in [2.75, 3.05) is 13.2 Å². The first-order valence-corrected chi connectivity index (χ1v) is 15.6. The van der Waals surface area contributed by atoms with Crippen LogP contribution in [0.3, 0.4) is 0 Å². The van der Waals surface area contributed by atoms with Gasteiger partial charge in [0.25, 0.3) is 0 Å². The lowest BCUT2D eigenvalue weighted by Gasteiger charge is -2.32. The van der Waals surface area contributed by atoms with Gasteiger partial charge in [0.2, 0.25) is 0 Å². The highest BCUT2D eigenvalue weighted by molar-refractivity contribution is 6.63. The van der Waals surface area contributed by atoms with Gasteiger partial charge in [-0.25, -0.2) is 0 Å². The lowest BCUT2D eigenvalue weighted by Crippen LogP contribution is -2.41. The van der Waals surface area contributed by atoms with Crippen LogP contribution in [0.1, 0.15) is 117 Å². The molecule has 7 heteroatoms. The molecule has 3 aliphatic rings. The smallest absolute Gasteiger partial charge is 0.465 e. The fourth-order valence-electron chi connectivity index (χ4n) is 5.02. The molecule has 0 amide bonds. The van der Waals surface area contributed by atoms with Gasteiger partial charge < -0.3 is 28.3 Å². The number of ether oxygens (including phenoxy) is 4. The summed E-state index contributed by atoms with van der Waals surface area (Å²) in [5, 5.41) is 0. The van der Waals surface area contributed by atoms with E-state index in [2.05, 4.69) is 79.7 Å². The highest BCUT2D eigenvalue weighted by atomic mass is 16.7. The maximum absolute atomic E-state index is 6.27. The van der Waals surface area contributed by atoms with Gasteiger partial charge in [0.05, 0.1) is 24.4 Å². The summed E-state index contributed by atoms with van der Waals surface area (Å²) in [6.45, 7) is 18.7. The number of rotatable bonds is 7. The van der Waals surface area contributed by atoms with Gasteiger partial charge in [-0.1, -0.05) is 52.0 Å². The molecule has 3 aliphatic heterocycles. The third-order valence-corrected chi connectivity index (χ3v) is 8.56. The summed E-state index contributed by atoms with van der Waals surface area (Å²) in [7, 11) is -0.428. The quantitative estimate of drug-likeness (QED) is 0.320. The molecule has 2 unspecified atom stereocenters. The molecule has 0 spiro atoms. The Labute approximate surface area is 248 Å². The normalized spacial score (nSPS) is 23.7. The van der Waals surface area contributed by atoms with Crippen molar-refractivity contribution in [1.82, 2.24) is 0 Å². The van der Waals surface area contributed by atoms with Gasteiger partial charge in [-0.2, -0.15) is 0 Å². The van der Waals surface area contributed by atoms with Crippen LogP contribution in [0.25, 0.3) is 0 Å². The van der Waals surface area contributed by atoms with Gasteiger partial charge in [-0.3, -0.25) is 0 Å². The average molecular weight is 567 g/mol. The Kier molecular flexibility index (Phi) is 10.8. The zero-order valence-electron chi connectivity index (χ0n) is 26.5. The summed E-state index contributed by atoms with van der Waals surface area (Å²) in [6.07, 6.45) is 6.32. The maximum Gasteiger partial charge on any atom is 0.498 e. The standard InChI is InChI=1S/C20H31BO4.C14H20O2/c1-14(2)15-10-11-17(23-18-9-7-8-12-22-18)16(13-15)21-24-19(3,4)20(5,6)25-21;1-11(2)12-6-8-13(9-7-12)16-14-5-3-4-10-15-14/h10-11,13-14,18H,7-9,12H2,1-6H3;6-9,11,14H,3-5,10H2,1-2H3. The van der Waals surface area contributed by atoms with Crippen molar-refractivity contribution in [2.45, 2.75) is 130 Å². The Bertz CT molecular complexity index is 1070. The first-order valence-electron chi connectivity index (χ1n) is 15.6. The van der Waals surface area contributed by atoms with E-state index < -0.39 is 7.12 Å². The molecular formula is C34H51BO6. The van der Waals surface area contributed by atoms with Crippen LogP contribution >= 0.6 is 0 Å². The minimum atomic E-state index is -0.428. The molecule has 2 aromatic carbocycles. The summed E-state index contributed by atoms with van der Waals surface area (Å²) in [4.78, 5) is 0. The van der Waals surface area contributed by atoms with E-state index in [4.69, 9.17) is 28.3 Å². The molecule has 2 aromatic rings. The molecule has 0 saturated carbocycles. The second-order valence-electron chi connectivity index (χ2n) is 13.1. The molecule has 0 aromatic heterocycles. The van der Waals surface area contributed by atoms with Crippen molar-refractivity contribution in [2.24, 2.45) is 0 Å². The van der Waals surface area contributed by atoms with E-state index in [1.54, 1.807) is 0 Å². The Morgan fingerprint density at radius 2 is 1.20 bits per heavy atom. The van der Waals surface area contributed by atoms with Crippen LogP contribution in [0.5, 0.6) is 11.5 Å². The third kappa shape index (κ3) is 8.50. The van der Waals surface area contributed by atoms with E-state index in [9.17, 15) is 0 Å². The molecule has 3 heterocycles. The fourth-order valence-corrected chi connectivity index (χ4v) is 5.02. The molecule has 0 bridgehead atoms. The van der Waals surface area contributed by atoms with E-state index in [1.165, 1.54) is 17.5 Å². The van der Waals surface area contributed by atoms with Gasteiger partial charge in [-0.05, 0) is 94.5 Å². The Morgan fingerprint density at radius 1 is 0.683 bits per heavy atom. The molecule has 41 heavy (non-hydrogen) atoms. The summed E-state index contributed by atoms with van der Waals surface area (Å²) in [5.74, 6) is 2.72. The molecule has 3 fully saturated rings. The van der Waals surface area contributed by atoms with E-state index in [0.717, 1.165) is 62.3 Å². The number of hydrogen-bond acceptors (Lipinski definition) is 6. The van der Waals surface area contributed by atoms with Crippen LogP contribution < -0.4 is 14.9 Å². The van der Waals surface area contributed by atoms with Gasteiger partial charge in [0, 0.05) is 18.3 Å². The molecule has 3 saturated heterocycles. The van der Waals surface area contributed by atoms with E-state index in [1.807, 2.05) is 18.2 Å². The van der Waals surface area contributed by atoms with Crippen molar-refractivity contribution < 1.29 is 28.3 Å². The minimum absolute atomic E-state index is 0.0429. The summed E-state index contributed by atoms with van der Waals surface area (Å²) in [6, 6.07) is 14.6. The first-order chi connectivity index (χ1) is 19.4. The molecule has 6 nitrogen and oxygen atoms in total. The predicted molar refractivity (Wildman–Crippen MR) is 165 cm³/mol. The van der Waals surface area contributed by atoms with Crippen LogP contribution in [0.15, 0.2) is 42.5 Å². The zero-order chi connectivity index (χ0) is 29.6. The van der Waals surface area contributed by atoms with Gasteiger partial charge in [0.15, 0.2) is 12.6 Å². The second-order valence-corrected chi connectivity index (χ2v) is 13.1. The van der Waals surface area contributed by atoms with Crippen LogP contribution in [-0.4, -0.2) is 44.1 Å². The molecule has 0 aliphatic carbocycles. The van der Waals surface area contributed by atoms with Crippen molar-refractivity contribution in [3.8, 4) is 11.5 Å². The van der Waals surface area contributed by atoms with Crippen molar-refractivity contribution in [1.29, 1.82) is 0 Å². The Morgan fingerprint density at radius 3 is 1.68 bits per heavy atom. The molecule has 0 N–H and O–H groups in total. The van der Waals surface area contributed by atoms with E-state index >= 15 is 0 Å². The van der Waals surface area contributed by atoms with Gasteiger partial charge >= 0.3 is 7.12 Å². The second kappa shape index (κ2) is 13.9. The highest BCUT2D eigenvalue weighted by Crippen LogP contribution is 2.37. The molecule has 0 radical (unpaired) electrons. The number of hydrogen-bond donors (Lipinski definition) is 0. The Balaban J connectivity index is 0.000000208. The minimum Gasteiger partial charge on any atom is -0.465 e. The Hall–Kier alpha value is -2.06. The molecular weight excluding hydrogens is 515 g/mol. The molecule has 5 rings (SSSR count). The van der Waals surface area contributed by atoms with E-state index in [-0.39, 0.29) is 23.8 Å². The highest BCUT2D eigenvalue weighted by Gasteiger charge is 2.52. The monoisotopic (exact) mass is 566 g/mol. The lowest BCUT2D eigenvalue weighted by atomic mass is 9.76. The van der Waals surface area contributed by atoms with Crippen LogP contribution in [0, 0.1) is 0 Å². The zero-order valence-corrected chi connectivity index (χ0v) is 26.5. The largest absolute Gasteiger partial charge is 0.498 e. The molecule has 2 atom stereocenters. The van der Waals surface area contributed by atoms with Crippen LogP contribution in [-0.2, 0) is 18.8 Å². The van der Waals surface area contributed by atoms with Crippen molar-refractivity contribution in [3.63, 3.8) is 0 Å². The first kappa shape index (κ1) is 31.9. The average Bonchev–Trinajstić information content (AvgIpc) is 3.17. The summed E-state index contributed by atoms with van der Waals surface area (Å²) >= 11 is 0. The van der Waals surface area contributed by atoms with Crippen LogP contribution in [0.2, 0.25) is 0 Å². The number of benzene rings is 2. The summed E-state index contributed by atoms with van der Waals surface area (Å²) < 4.78 is 35.8. The molecule has 226 valence electrons. The van der Waals surface area contributed by atoms with Crippen LogP contribution in [0.4, 0.5) is 0 Å². The maximum atomic E-state index is 6.27.